The third-order valence-electron chi connectivity index (χ3n) is 4.09. The van der Waals surface area contributed by atoms with Gasteiger partial charge >= 0.3 is 0 Å². The van der Waals surface area contributed by atoms with E-state index in [0.717, 1.165) is 16.7 Å². The number of hydrogen-bond acceptors (Lipinski definition) is 3. The van der Waals surface area contributed by atoms with Crippen molar-refractivity contribution in [2.45, 2.75) is 25.2 Å². The summed E-state index contributed by atoms with van der Waals surface area (Å²) in [6.45, 7) is 4.33. The molecule has 5 heteroatoms. The number of rotatable bonds is 2. The van der Waals surface area contributed by atoms with Crippen LogP contribution < -0.4 is 10.0 Å². The summed E-state index contributed by atoms with van der Waals surface area (Å²) in [6.07, 6.45) is 0.659. The highest BCUT2D eigenvalue weighted by Crippen LogP contribution is 2.36. The number of nitrogens with zero attached hydrogens (tertiary/aromatic N) is 1. The maximum Gasteiger partial charge on any atom is 0.264 e. The molecule has 0 atom stereocenters. The zero-order chi connectivity index (χ0) is 15.2. The van der Waals surface area contributed by atoms with E-state index in [1.165, 1.54) is 4.31 Å². The van der Waals surface area contributed by atoms with Crippen LogP contribution in [-0.4, -0.2) is 15.0 Å². The molecule has 1 heterocycles. The highest BCUT2D eigenvalue weighted by molar-refractivity contribution is 7.92. The lowest BCUT2D eigenvalue weighted by Crippen LogP contribution is -2.29. The number of nitrogens with two attached hydrogens (primary N) is 1. The van der Waals surface area contributed by atoms with E-state index in [1.807, 2.05) is 32.0 Å². The van der Waals surface area contributed by atoms with Gasteiger partial charge in [0, 0.05) is 17.8 Å². The first-order valence-corrected chi connectivity index (χ1v) is 8.32. The number of fused-ring (bicyclic) bond motifs is 1. The number of hydrogen-bond donors (Lipinski definition) is 1. The van der Waals surface area contributed by atoms with Gasteiger partial charge in [-0.25, -0.2) is 8.42 Å². The first kappa shape index (κ1) is 13.9. The van der Waals surface area contributed by atoms with Crippen molar-refractivity contribution >= 4 is 21.4 Å². The SMILES string of the molecule is Cc1ccc(S(=O)(=O)N2CCc3c(N)cccc32)cc1C. The Morgan fingerprint density at radius 3 is 2.57 bits per heavy atom. The highest BCUT2D eigenvalue weighted by atomic mass is 32.2. The number of nitrogen functional groups attached to an aromatic ring is 1. The Bertz CT molecular complexity index is 813. The van der Waals surface area contributed by atoms with Gasteiger partial charge in [0.15, 0.2) is 0 Å². The van der Waals surface area contributed by atoms with Gasteiger partial charge in [-0.2, -0.15) is 0 Å². The van der Waals surface area contributed by atoms with Crippen LogP contribution in [0, 0.1) is 13.8 Å². The molecule has 4 nitrogen and oxygen atoms in total. The minimum Gasteiger partial charge on any atom is -0.398 e. The van der Waals surface area contributed by atoms with Crippen LogP contribution in [0.2, 0.25) is 0 Å². The van der Waals surface area contributed by atoms with Gasteiger partial charge in [0.05, 0.1) is 10.6 Å². The summed E-state index contributed by atoms with van der Waals surface area (Å²) in [5.41, 5.74) is 10.3. The minimum atomic E-state index is -3.53. The molecule has 3 rings (SSSR count). The summed E-state index contributed by atoms with van der Waals surface area (Å²) in [7, 11) is -3.53. The van der Waals surface area contributed by atoms with Crippen molar-refractivity contribution in [2.24, 2.45) is 0 Å². The van der Waals surface area contributed by atoms with Gasteiger partial charge in [0.1, 0.15) is 0 Å². The zero-order valence-electron chi connectivity index (χ0n) is 12.1. The van der Waals surface area contributed by atoms with E-state index in [1.54, 1.807) is 18.2 Å². The quantitative estimate of drug-likeness (QED) is 0.867. The van der Waals surface area contributed by atoms with E-state index in [-0.39, 0.29) is 0 Å². The van der Waals surface area contributed by atoms with E-state index in [2.05, 4.69) is 0 Å². The molecular weight excluding hydrogens is 284 g/mol. The summed E-state index contributed by atoms with van der Waals surface area (Å²) in [5.74, 6) is 0. The molecule has 0 spiro atoms. The normalized spacial score (nSPS) is 14.3. The Balaban J connectivity index is 2.09. The van der Waals surface area contributed by atoms with Crippen LogP contribution >= 0.6 is 0 Å². The van der Waals surface area contributed by atoms with Gasteiger partial charge in [-0.05, 0) is 55.7 Å². The predicted octanol–water partition coefficient (Wildman–Crippen LogP) is 2.64. The smallest absolute Gasteiger partial charge is 0.264 e. The molecule has 0 aliphatic carbocycles. The van der Waals surface area contributed by atoms with Crippen LogP contribution in [-0.2, 0) is 16.4 Å². The molecule has 0 unspecified atom stereocenters. The van der Waals surface area contributed by atoms with Crippen LogP contribution in [0.4, 0.5) is 11.4 Å². The average molecular weight is 302 g/mol. The number of benzene rings is 2. The molecule has 2 aromatic rings. The number of anilines is 2. The Morgan fingerprint density at radius 1 is 1.10 bits per heavy atom. The lowest BCUT2D eigenvalue weighted by atomic mass is 10.1. The summed E-state index contributed by atoms with van der Waals surface area (Å²) < 4.78 is 27.2. The summed E-state index contributed by atoms with van der Waals surface area (Å²) in [4.78, 5) is 0.334. The van der Waals surface area contributed by atoms with Crippen LogP contribution in [0.25, 0.3) is 0 Å². The predicted molar refractivity (Wildman–Crippen MR) is 85.0 cm³/mol. The fourth-order valence-corrected chi connectivity index (χ4v) is 4.26. The van der Waals surface area contributed by atoms with Crippen molar-refractivity contribution in [3.8, 4) is 0 Å². The summed E-state index contributed by atoms with van der Waals surface area (Å²) >= 11 is 0. The third kappa shape index (κ3) is 2.17. The zero-order valence-corrected chi connectivity index (χ0v) is 12.9. The van der Waals surface area contributed by atoms with E-state index in [9.17, 15) is 8.42 Å². The van der Waals surface area contributed by atoms with Crippen LogP contribution in [0.15, 0.2) is 41.3 Å². The Morgan fingerprint density at radius 2 is 1.86 bits per heavy atom. The van der Waals surface area contributed by atoms with Crippen LogP contribution in [0.5, 0.6) is 0 Å². The molecular formula is C16H18N2O2S. The molecule has 0 bridgehead atoms. The molecule has 0 amide bonds. The fourth-order valence-electron chi connectivity index (χ4n) is 2.68. The molecule has 1 aliphatic rings. The first-order valence-electron chi connectivity index (χ1n) is 6.88. The van der Waals surface area contributed by atoms with Gasteiger partial charge in [-0.3, -0.25) is 4.31 Å². The van der Waals surface area contributed by atoms with Crippen molar-refractivity contribution < 1.29 is 8.42 Å². The number of aryl methyl sites for hydroxylation is 2. The Kier molecular flexibility index (Phi) is 3.17. The average Bonchev–Trinajstić information content (AvgIpc) is 2.88. The van der Waals surface area contributed by atoms with Crippen molar-refractivity contribution in [1.29, 1.82) is 0 Å². The van der Waals surface area contributed by atoms with E-state index >= 15 is 0 Å². The van der Waals surface area contributed by atoms with Crippen LogP contribution in [0.1, 0.15) is 16.7 Å². The number of sulfonamides is 1. The third-order valence-corrected chi connectivity index (χ3v) is 5.90. The van der Waals surface area contributed by atoms with Gasteiger partial charge in [0.25, 0.3) is 10.0 Å². The molecule has 0 aromatic heterocycles. The molecule has 0 saturated heterocycles. The molecule has 110 valence electrons. The monoisotopic (exact) mass is 302 g/mol. The lowest BCUT2D eigenvalue weighted by Gasteiger charge is -2.20. The summed E-state index contributed by atoms with van der Waals surface area (Å²) in [5, 5.41) is 0. The second kappa shape index (κ2) is 4.77. The van der Waals surface area contributed by atoms with E-state index < -0.39 is 10.0 Å². The van der Waals surface area contributed by atoms with Crippen molar-refractivity contribution in [2.75, 3.05) is 16.6 Å². The van der Waals surface area contributed by atoms with Gasteiger partial charge in [0.2, 0.25) is 0 Å². The van der Waals surface area contributed by atoms with Gasteiger partial charge in [-0.1, -0.05) is 12.1 Å². The largest absolute Gasteiger partial charge is 0.398 e. The second-order valence-electron chi connectivity index (χ2n) is 5.42. The van der Waals surface area contributed by atoms with Gasteiger partial charge < -0.3 is 5.73 Å². The maximum absolute atomic E-state index is 12.9. The Labute approximate surface area is 125 Å². The van der Waals surface area contributed by atoms with Crippen molar-refractivity contribution in [3.63, 3.8) is 0 Å². The minimum absolute atomic E-state index is 0.334. The maximum atomic E-state index is 12.9. The second-order valence-corrected chi connectivity index (χ2v) is 7.28. The molecule has 0 fully saturated rings. The van der Waals surface area contributed by atoms with Crippen molar-refractivity contribution in [1.82, 2.24) is 0 Å². The topological polar surface area (TPSA) is 63.4 Å². The molecule has 21 heavy (non-hydrogen) atoms. The summed E-state index contributed by atoms with van der Waals surface area (Å²) in [6, 6.07) is 10.7. The van der Waals surface area contributed by atoms with Crippen LogP contribution in [0.3, 0.4) is 0 Å². The Hall–Kier alpha value is -2.01. The molecule has 2 aromatic carbocycles. The molecule has 1 aliphatic heterocycles. The van der Waals surface area contributed by atoms with E-state index in [4.69, 9.17) is 5.73 Å². The first-order chi connectivity index (χ1) is 9.91. The standard InChI is InChI=1S/C16H18N2O2S/c1-11-6-7-13(10-12(11)2)21(19,20)18-9-8-14-15(17)4-3-5-16(14)18/h3-7,10H,8-9,17H2,1-2H3. The van der Waals surface area contributed by atoms with Crippen molar-refractivity contribution in [3.05, 3.63) is 53.1 Å². The fraction of sp³-hybridized carbons (Fsp3) is 0.250. The van der Waals surface area contributed by atoms with E-state index in [0.29, 0.717) is 29.2 Å². The lowest BCUT2D eigenvalue weighted by molar-refractivity contribution is 0.592. The molecule has 0 saturated carbocycles. The highest BCUT2D eigenvalue weighted by Gasteiger charge is 2.31. The van der Waals surface area contributed by atoms with Gasteiger partial charge in [-0.15, -0.1) is 0 Å². The molecule has 0 radical (unpaired) electrons. The molecule has 2 N–H and O–H groups in total.